The lowest BCUT2D eigenvalue weighted by Gasteiger charge is -2.41. The van der Waals surface area contributed by atoms with Crippen LogP contribution < -0.4 is 0 Å². The minimum absolute atomic E-state index is 0.0469. The Kier molecular flexibility index (Phi) is 7.13. The zero-order valence-corrected chi connectivity index (χ0v) is 18.8. The standard InChI is InChI=1S/C19H26Cl2N2O5S/c1-12(24)16-11-22(6-7-28-2)19(25)18-5-3-4-17(16)23(18)29(26,27)15-9-13(20)8-14(21)10-15/h8-10,12,16-18,24H,3-7,11H2,1-2H3. The molecule has 4 atom stereocenters. The highest BCUT2D eigenvalue weighted by Gasteiger charge is 2.51. The molecule has 2 aliphatic heterocycles. The second-order valence-corrected chi connectivity index (χ2v) is 10.4. The zero-order chi connectivity index (χ0) is 21.3. The van der Waals surface area contributed by atoms with Gasteiger partial charge in [0.1, 0.15) is 6.04 Å². The van der Waals surface area contributed by atoms with Crippen LogP contribution in [0.4, 0.5) is 0 Å². The number of carbonyl (C=O) groups is 1. The molecule has 0 radical (unpaired) electrons. The number of halogens is 2. The Balaban J connectivity index is 2.09. The summed E-state index contributed by atoms with van der Waals surface area (Å²) in [7, 11) is -2.51. The molecule has 4 unspecified atom stereocenters. The third-order valence-electron chi connectivity index (χ3n) is 5.73. The summed E-state index contributed by atoms with van der Waals surface area (Å²) >= 11 is 12.1. The van der Waals surface area contributed by atoms with Gasteiger partial charge in [0.05, 0.1) is 17.6 Å². The maximum Gasteiger partial charge on any atom is 0.244 e. The average Bonchev–Trinajstić information content (AvgIpc) is 2.72. The van der Waals surface area contributed by atoms with Crippen molar-refractivity contribution in [3.63, 3.8) is 0 Å². The van der Waals surface area contributed by atoms with Gasteiger partial charge in [-0.2, -0.15) is 4.31 Å². The predicted molar refractivity (Wildman–Crippen MR) is 111 cm³/mol. The van der Waals surface area contributed by atoms with Crippen molar-refractivity contribution in [2.24, 2.45) is 5.92 Å². The molecule has 0 aromatic heterocycles. The highest BCUT2D eigenvalue weighted by Crippen LogP contribution is 2.39. The molecule has 2 aliphatic rings. The zero-order valence-electron chi connectivity index (χ0n) is 16.4. The highest BCUT2D eigenvalue weighted by molar-refractivity contribution is 7.89. The number of hydrogen-bond donors (Lipinski definition) is 1. The van der Waals surface area contributed by atoms with Gasteiger partial charge >= 0.3 is 0 Å². The monoisotopic (exact) mass is 464 g/mol. The molecule has 1 aromatic carbocycles. The molecular weight excluding hydrogens is 439 g/mol. The SMILES string of the molecule is COCCN1CC(C(C)O)C2CCCC(C1=O)N2S(=O)(=O)c1cc(Cl)cc(Cl)c1. The van der Waals surface area contributed by atoms with Gasteiger partial charge in [-0.25, -0.2) is 8.42 Å². The number of hydrogen-bond acceptors (Lipinski definition) is 5. The Bertz CT molecular complexity index is 844. The number of fused-ring (bicyclic) bond motifs is 2. The maximum absolute atomic E-state index is 13.6. The van der Waals surface area contributed by atoms with Crippen molar-refractivity contribution in [1.29, 1.82) is 0 Å². The van der Waals surface area contributed by atoms with E-state index in [9.17, 15) is 18.3 Å². The first-order valence-corrected chi connectivity index (χ1v) is 11.8. The van der Waals surface area contributed by atoms with Crippen LogP contribution in [0.15, 0.2) is 23.1 Å². The number of aliphatic hydroxyl groups is 1. The van der Waals surface area contributed by atoms with E-state index in [1.807, 2.05) is 0 Å². The van der Waals surface area contributed by atoms with Gasteiger partial charge in [0.2, 0.25) is 15.9 Å². The molecule has 29 heavy (non-hydrogen) atoms. The van der Waals surface area contributed by atoms with Crippen LogP contribution in [-0.4, -0.2) is 73.6 Å². The lowest BCUT2D eigenvalue weighted by Crippen LogP contribution is -2.55. The molecule has 1 aromatic rings. The summed E-state index contributed by atoms with van der Waals surface area (Å²) in [5.74, 6) is -0.669. The fourth-order valence-electron chi connectivity index (χ4n) is 4.34. The minimum Gasteiger partial charge on any atom is -0.393 e. The molecule has 10 heteroatoms. The number of benzene rings is 1. The topological polar surface area (TPSA) is 87.2 Å². The Morgan fingerprint density at radius 3 is 2.48 bits per heavy atom. The molecule has 3 rings (SSSR count). The minimum atomic E-state index is -4.06. The summed E-state index contributed by atoms with van der Waals surface area (Å²) in [4.78, 5) is 14.9. The van der Waals surface area contributed by atoms with Gasteiger partial charge in [0.15, 0.2) is 0 Å². The van der Waals surface area contributed by atoms with Crippen LogP contribution in [0.25, 0.3) is 0 Å². The maximum atomic E-state index is 13.6. The van der Waals surface area contributed by atoms with E-state index in [1.54, 1.807) is 18.9 Å². The van der Waals surface area contributed by atoms with E-state index < -0.39 is 34.1 Å². The number of sulfonamides is 1. The molecular formula is C19H26Cl2N2O5S. The molecule has 0 spiro atoms. The van der Waals surface area contributed by atoms with Crippen molar-refractivity contribution in [2.75, 3.05) is 26.8 Å². The van der Waals surface area contributed by atoms with E-state index in [2.05, 4.69) is 0 Å². The molecule has 2 bridgehead atoms. The van der Waals surface area contributed by atoms with Crippen molar-refractivity contribution >= 4 is 39.1 Å². The van der Waals surface area contributed by atoms with Crippen LogP contribution in [-0.2, 0) is 19.6 Å². The number of nitrogens with zero attached hydrogens (tertiary/aromatic N) is 2. The first-order chi connectivity index (χ1) is 13.7. The molecule has 2 heterocycles. The second kappa shape index (κ2) is 9.08. The van der Waals surface area contributed by atoms with Gasteiger partial charge in [0, 0.05) is 42.2 Å². The molecule has 1 amide bonds. The van der Waals surface area contributed by atoms with E-state index in [1.165, 1.54) is 22.5 Å². The molecule has 162 valence electrons. The average molecular weight is 465 g/mol. The van der Waals surface area contributed by atoms with Crippen molar-refractivity contribution in [1.82, 2.24) is 9.21 Å². The summed E-state index contributed by atoms with van der Waals surface area (Å²) in [6, 6.07) is 2.83. The van der Waals surface area contributed by atoms with E-state index in [-0.39, 0.29) is 27.4 Å². The summed E-state index contributed by atoms with van der Waals surface area (Å²) < 4.78 is 33.7. The summed E-state index contributed by atoms with van der Waals surface area (Å²) in [6.45, 7) is 2.61. The Labute approximate surface area is 181 Å². The molecule has 1 N–H and O–H groups in total. The highest BCUT2D eigenvalue weighted by atomic mass is 35.5. The fourth-order valence-corrected chi connectivity index (χ4v) is 6.94. The number of carbonyl (C=O) groups excluding carboxylic acids is 1. The van der Waals surface area contributed by atoms with E-state index in [0.717, 1.165) is 0 Å². The summed E-state index contributed by atoms with van der Waals surface area (Å²) in [5, 5.41) is 10.9. The molecule has 2 saturated heterocycles. The van der Waals surface area contributed by atoms with Crippen molar-refractivity contribution in [3.8, 4) is 0 Å². The normalized spacial score (nSPS) is 27.0. The van der Waals surface area contributed by atoms with Crippen molar-refractivity contribution in [3.05, 3.63) is 28.2 Å². The Hall–Kier alpha value is -0.900. The van der Waals surface area contributed by atoms with Crippen molar-refractivity contribution in [2.45, 2.75) is 49.3 Å². The lowest BCUT2D eigenvalue weighted by atomic mass is 9.87. The van der Waals surface area contributed by atoms with Gasteiger partial charge in [-0.1, -0.05) is 23.2 Å². The summed E-state index contributed by atoms with van der Waals surface area (Å²) in [5.41, 5.74) is 0. The first-order valence-electron chi connectivity index (χ1n) is 9.62. The van der Waals surface area contributed by atoms with Crippen LogP contribution in [0.3, 0.4) is 0 Å². The number of amides is 1. The third-order valence-corrected chi connectivity index (χ3v) is 8.08. The van der Waals surface area contributed by atoms with Gasteiger partial charge in [-0.15, -0.1) is 0 Å². The fraction of sp³-hybridized carbons (Fsp3) is 0.632. The van der Waals surface area contributed by atoms with Crippen LogP contribution in [0.5, 0.6) is 0 Å². The smallest absolute Gasteiger partial charge is 0.244 e. The number of aliphatic hydroxyl groups excluding tert-OH is 1. The number of piperidine rings is 1. The van der Waals surface area contributed by atoms with Gasteiger partial charge in [-0.05, 0) is 44.4 Å². The van der Waals surface area contributed by atoms with Crippen molar-refractivity contribution < 1.29 is 23.1 Å². The van der Waals surface area contributed by atoms with E-state index >= 15 is 0 Å². The Morgan fingerprint density at radius 1 is 1.24 bits per heavy atom. The number of ether oxygens (including phenoxy) is 1. The quantitative estimate of drug-likeness (QED) is 0.697. The number of rotatable bonds is 6. The molecule has 7 nitrogen and oxygen atoms in total. The molecule has 0 aliphatic carbocycles. The first kappa shape index (κ1) is 22.8. The number of methoxy groups -OCH3 is 1. The van der Waals surface area contributed by atoms with Crippen LogP contribution >= 0.6 is 23.2 Å². The van der Waals surface area contributed by atoms with E-state index in [4.69, 9.17) is 27.9 Å². The van der Waals surface area contributed by atoms with Gasteiger partial charge < -0.3 is 14.7 Å². The second-order valence-electron chi connectivity index (χ2n) is 7.64. The van der Waals surface area contributed by atoms with E-state index in [0.29, 0.717) is 32.4 Å². The molecule has 2 fully saturated rings. The lowest BCUT2D eigenvalue weighted by molar-refractivity contribution is -0.135. The largest absolute Gasteiger partial charge is 0.393 e. The van der Waals surface area contributed by atoms with Gasteiger partial charge in [0.25, 0.3) is 0 Å². The van der Waals surface area contributed by atoms with Gasteiger partial charge in [-0.3, -0.25) is 4.79 Å². The predicted octanol–water partition coefficient (Wildman–Crippen LogP) is 2.39. The Morgan fingerprint density at radius 2 is 1.90 bits per heavy atom. The summed E-state index contributed by atoms with van der Waals surface area (Å²) in [6.07, 6.45) is 0.935. The van der Waals surface area contributed by atoms with Crippen LogP contribution in [0, 0.1) is 5.92 Å². The molecule has 0 saturated carbocycles. The third kappa shape index (κ3) is 4.57. The van der Waals surface area contributed by atoms with Crippen LogP contribution in [0.2, 0.25) is 10.0 Å². The van der Waals surface area contributed by atoms with Crippen LogP contribution in [0.1, 0.15) is 26.2 Å².